The van der Waals surface area contributed by atoms with E-state index < -0.39 is 11.9 Å². The lowest BCUT2D eigenvalue weighted by atomic mass is 10.0. The summed E-state index contributed by atoms with van der Waals surface area (Å²) in [5.41, 5.74) is -0.167. The van der Waals surface area contributed by atoms with Crippen LogP contribution in [0.1, 0.15) is 11.3 Å². The van der Waals surface area contributed by atoms with Crippen LogP contribution in [0.4, 0.5) is 13.2 Å². The van der Waals surface area contributed by atoms with Gasteiger partial charge in [0.2, 0.25) is 5.91 Å². The molecule has 1 aliphatic heterocycles. The van der Waals surface area contributed by atoms with E-state index in [4.69, 9.17) is 9.47 Å². The largest absolute Gasteiger partial charge is 0.487 e. The zero-order valence-corrected chi connectivity index (χ0v) is 13.5. The van der Waals surface area contributed by atoms with Crippen LogP contribution in [-0.2, 0) is 17.4 Å². The van der Waals surface area contributed by atoms with Crippen molar-refractivity contribution in [3.8, 4) is 17.2 Å². The Bertz CT molecular complexity index is 819. The van der Waals surface area contributed by atoms with E-state index in [0.717, 1.165) is 17.8 Å². The minimum Gasteiger partial charge on any atom is -0.487 e. The number of alkyl halides is 3. The van der Waals surface area contributed by atoms with E-state index in [9.17, 15) is 18.0 Å². The molecule has 0 spiro atoms. The number of carbonyl (C=O) groups is 1. The highest BCUT2D eigenvalue weighted by atomic mass is 19.4. The minimum absolute atomic E-state index is 0.164. The molecule has 1 atom stereocenters. The topological polar surface area (TPSA) is 60.5 Å². The zero-order valence-electron chi connectivity index (χ0n) is 13.5. The van der Waals surface area contributed by atoms with Gasteiger partial charge >= 0.3 is 6.18 Å². The molecule has 5 nitrogen and oxygen atoms in total. The Kier molecular flexibility index (Phi) is 4.83. The monoisotopic (exact) mass is 364 g/mol. The van der Waals surface area contributed by atoms with Gasteiger partial charge < -0.3 is 14.8 Å². The number of fused-ring (bicyclic) bond motifs is 1. The predicted octanol–water partition coefficient (Wildman–Crippen LogP) is 3.50. The van der Waals surface area contributed by atoms with Gasteiger partial charge in [0.1, 0.15) is 18.1 Å². The van der Waals surface area contributed by atoms with Crippen LogP contribution in [0.5, 0.6) is 17.2 Å². The van der Waals surface area contributed by atoms with Gasteiger partial charge in [-0.05, 0) is 30.7 Å². The molecule has 0 radical (unpaired) electrons. The number of pyridine rings is 1. The molecule has 1 amide bonds. The van der Waals surface area contributed by atoms with Gasteiger partial charge in [-0.3, -0.25) is 4.79 Å². The number of halogens is 3. The normalized spacial score (nSPS) is 16.2. The second-order valence-electron chi connectivity index (χ2n) is 5.65. The smallest absolute Gasteiger partial charge is 0.433 e. The number of nitrogens with one attached hydrogen (secondary N) is 1. The van der Waals surface area contributed by atoms with Gasteiger partial charge in [-0.1, -0.05) is 18.7 Å². The SMILES string of the molecule is C=CC(=O)NC1COc2c(cccc2Oc2ccc(C(F)(F)F)nc2)C1. The predicted molar refractivity (Wildman–Crippen MR) is 87.1 cm³/mol. The van der Waals surface area contributed by atoms with E-state index in [1.165, 1.54) is 12.1 Å². The molecule has 1 unspecified atom stereocenters. The quantitative estimate of drug-likeness (QED) is 0.844. The van der Waals surface area contributed by atoms with Gasteiger partial charge in [0.05, 0.1) is 12.2 Å². The molecule has 0 saturated heterocycles. The summed E-state index contributed by atoms with van der Waals surface area (Å²) in [6.07, 6.45) is -1.76. The standard InChI is InChI=1S/C18H15F3N2O3/c1-2-16(24)23-12-8-11-4-3-5-14(17(11)25-10-12)26-13-6-7-15(22-9-13)18(19,20)21/h2-7,9,12H,1,8,10H2,(H,23,24). The Morgan fingerprint density at radius 3 is 2.81 bits per heavy atom. The van der Waals surface area contributed by atoms with Crippen LogP contribution in [0.15, 0.2) is 49.2 Å². The van der Waals surface area contributed by atoms with E-state index in [2.05, 4.69) is 16.9 Å². The van der Waals surface area contributed by atoms with Gasteiger partial charge in [-0.25, -0.2) is 4.98 Å². The Labute approximate surface area is 147 Å². The molecule has 136 valence electrons. The third-order valence-electron chi connectivity index (χ3n) is 3.74. The van der Waals surface area contributed by atoms with Crippen molar-refractivity contribution in [2.45, 2.75) is 18.6 Å². The molecule has 3 rings (SSSR count). The summed E-state index contributed by atoms with van der Waals surface area (Å²) in [4.78, 5) is 14.8. The van der Waals surface area contributed by atoms with Crippen LogP contribution >= 0.6 is 0 Å². The molecular formula is C18H15F3N2O3. The molecule has 8 heteroatoms. The van der Waals surface area contributed by atoms with Crippen LogP contribution in [0.3, 0.4) is 0 Å². The molecule has 1 N–H and O–H groups in total. The lowest BCUT2D eigenvalue weighted by molar-refractivity contribution is -0.141. The van der Waals surface area contributed by atoms with E-state index >= 15 is 0 Å². The number of para-hydroxylation sites is 1. The van der Waals surface area contributed by atoms with Crippen LogP contribution in [0.2, 0.25) is 0 Å². The summed E-state index contributed by atoms with van der Waals surface area (Å²) in [5, 5.41) is 2.76. The van der Waals surface area contributed by atoms with E-state index in [-0.39, 0.29) is 24.3 Å². The van der Waals surface area contributed by atoms with Gasteiger partial charge in [-0.15, -0.1) is 0 Å². The third kappa shape index (κ3) is 3.96. The van der Waals surface area contributed by atoms with Gasteiger partial charge in [0, 0.05) is 5.56 Å². The van der Waals surface area contributed by atoms with Gasteiger partial charge in [-0.2, -0.15) is 13.2 Å². The Balaban J connectivity index is 1.76. The maximum atomic E-state index is 12.6. The second kappa shape index (κ2) is 7.07. The fourth-order valence-electron chi connectivity index (χ4n) is 2.56. The molecular weight excluding hydrogens is 349 g/mol. The number of hydrogen-bond donors (Lipinski definition) is 1. The fraction of sp³-hybridized carbons (Fsp3) is 0.222. The number of amides is 1. The summed E-state index contributed by atoms with van der Waals surface area (Å²) in [7, 11) is 0. The third-order valence-corrected chi connectivity index (χ3v) is 3.74. The highest BCUT2D eigenvalue weighted by Crippen LogP contribution is 2.38. The Morgan fingerprint density at radius 1 is 1.35 bits per heavy atom. The first-order chi connectivity index (χ1) is 12.4. The number of ether oxygens (including phenoxy) is 2. The fourth-order valence-corrected chi connectivity index (χ4v) is 2.56. The molecule has 2 heterocycles. The number of nitrogens with zero attached hydrogens (tertiary/aromatic N) is 1. The average Bonchev–Trinajstić information content (AvgIpc) is 2.61. The van der Waals surface area contributed by atoms with Crippen molar-refractivity contribution in [3.63, 3.8) is 0 Å². The van der Waals surface area contributed by atoms with Crippen molar-refractivity contribution in [3.05, 3.63) is 60.4 Å². The highest BCUT2D eigenvalue weighted by molar-refractivity contribution is 5.87. The Hall–Kier alpha value is -3.03. The molecule has 0 aliphatic carbocycles. The maximum absolute atomic E-state index is 12.6. The maximum Gasteiger partial charge on any atom is 0.433 e. The molecule has 0 fully saturated rings. The summed E-state index contributed by atoms with van der Waals surface area (Å²) in [6.45, 7) is 3.65. The number of hydrogen-bond acceptors (Lipinski definition) is 4. The molecule has 0 bridgehead atoms. The summed E-state index contributed by atoms with van der Waals surface area (Å²) >= 11 is 0. The molecule has 26 heavy (non-hydrogen) atoms. The number of carbonyl (C=O) groups excluding carboxylic acids is 1. The Morgan fingerprint density at radius 2 is 2.15 bits per heavy atom. The first-order valence-corrected chi connectivity index (χ1v) is 7.75. The van der Waals surface area contributed by atoms with Crippen molar-refractivity contribution in [1.82, 2.24) is 10.3 Å². The summed E-state index contributed by atoms with van der Waals surface area (Å²) < 4.78 is 49.0. The second-order valence-corrected chi connectivity index (χ2v) is 5.65. The summed E-state index contributed by atoms with van der Waals surface area (Å²) in [5.74, 6) is 0.747. The van der Waals surface area contributed by atoms with Crippen LogP contribution in [-0.4, -0.2) is 23.5 Å². The van der Waals surface area contributed by atoms with Gasteiger partial charge in [0.15, 0.2) is 11.5 Å². The van der Waals surface area contributed by atoms with Crippen molar-refractivity contribution in [1.29, 1.82) is 0 Å². The van der Waals surface area contributed by atoms with Crippen LogP contribution < -0.4 is 14.8 Å². The van der Waals surface area contributed by atoms with Crippen molar-refractivity contribution in [2.75, 3.05) is 6.61 Å². The van der Waals surface area contributed by atoms with E-state index in [0.29, 0.717) is 17.9 Å². The van der Waals surface area contributed by atoms with Crippen molar-refractivity contribution in [2.24, 2.45) is 0 Å². The first kappa shape index (κ1) is 17.8. The van der Waals surface area contributed by atoms with Crippen molar-refractivity contribution >= 4 is 5.91 Å². The first-order valence-electron chi connectivity index (χ1n) is 7.75. The lowest BCUT2D eigenvalue weighted by Gasteiger charge is -2.27. The summed E-state index contributed by atoms with van der Waals surface area (Å²) in [6, 6.07) is 7.08. The minimum atomic E-state index is -4.50. The van der Waals surface area contributed by atoms with E-state index in [1.54, 1.807) is 12.1 Å². The number of benzene rings is 1. The molecule has 1 aromatic heterocycles. The average molecular weight is 364 g/mol. The van der Waals surface area contributed by atoms with Crippen molar-refractivity contribution < 1.29 is 27.4 Å². The van der Waals surface area contributed by atoms with E-state index in [1.807, 2.05) is 6.07 Å². The van der Waals surface area contributed by atoms with Crippen LogP contribution in [0.25, 0.3) is 0 Å². The molecule has 1 aromatic carbocycles. The molecule has 0 saturated carbocycles. The molecule has 1 aliphatic rings. The van der Waals surface area contributed by atoms with Crippen LogP contribution in [0, 0.1) is 0 Å². The number of rotatable bonds is 4. The number of aromatic nitrogens is 1. The molecule has 2 aromatic rings. The van der Waals surface area contributed by atoms with Gasteiger partial charge in [0.25, 0.3) is 0 Å². The zero-order chi connectivity index (χ0) is 18.7. The highest BCUT2D eigenvalue weighted by Gasteiger charge is 2.32. The lowest BCUT2D eigenvalue weighted by Crippen LogP contribution is -2.42.